The number of benzene rings is 2. The van der Waals surface area contributed by atoms with E-state index in [1.54, 1.807) is 36.6 Å². The van der Waals surface area contributed by atoms with Crippen LogP contribution in [-0.2, 0) is 11.8 Å². The molecule has 9 heteroatoms. The number of hydrogen-bond acceptors (Lipinski definition) is 6. The standard InChI is InChI=1S/C23H21ClN4O2S2/c1-14-21(15-7-5-4-6-8-15)17(12-31-14)22-26-27-23(28(22)2)32-13-20(29)25-18-11-16(24)9-10-19(18)30-3/h4-12H,13H2,1-3H3,(H,25,29). The number of hydrogen-bond donors (Lipinski definition) is 1. The molecule has 2 aromatic carbocycles. The number of carbonyl (C=O) groups excluding carboxylic acids is 1. The highest BCUT2D eigenvalue weighted by molar-refractivity contribution is 7.99. The highest BCUT2D eigenvalue weighted by atomic mass is 35.5. The number of nitrogens with one attached hydrogen (secondary N) is 1. The molecule has 0 saturated carbocycles. The average Bonchev–Trinajstić information content (AvgIpc) is 3.35. The summed E-state index contributed by atoms with van der Waals surface area (Å²) >= 11 is 9.05. The van der Waals surface area contributed by atoms with Crippen molar-refractivity contribution >= 4 is 46.3 Å². The summed E-state index contributed by atoms with van der Waals surface area (Å²) in [6.45, 7) is 2.11. The minimum absolute atomic E-state index is 0.176. The first-order chi connectivity index (χ1) is 15.5. The molecule has 4 aromatic rings. The van der Waals surface area contributed by atoms with Crippen molar-refractivity contribution in [2.75, 3.05) is 18.2 Å². The zero-order chi connectivity index (χ0) is 22.7. The average molecular weight is 485 g/mol. The van der Waals surface area contributed by atoms with Gasteiger partial charge in [0.1, 0.15) is 5.75 Å². The van der Waals surface area contributed by atoms with Gasteiger partial charge >= 0.3 is 0 Å². The zero-order valence-corrected chi connectivity index (χ0v) is 20.1. The van der Waals surface area contributed by atoms with Gasteiger partial charge < -0.3 is 14.6 Å². The molecule has 2 aromatic heterocycles. The Labute approximate surface area is 199 Å². The quantitative estimate of drug-likeness (QED) is 0.330. The molecular weight excluding hydrogens is 464 g/mol. The number of ether oxygens (including phenoxy) is 1. The summed E-state index contributed by atoms with van der Waals surface area (Å²) in [4.78, 5) is 13.7. The summed E-state index contributed by atoms with van der Waals surface area (Å²) < 4.78 is 7.20. The Morgan fingerprint density at radius 3 is 2.75 bits per heavy atom. The van der Waals surface area contributed by atoms with E-state index >= 15 is 0 Å². The molecule has 0 unspecified atom stereocenters. The van der Waals surface area contributed by atoms with Gasteiger partial charge in [0.15, 0.2) is 11.0 Å². The predicted octanol–water partition coefficient (Wildman–Crippen LogP) is 5.91. The molecule has 1 amide bonds. The minimum atomic E-state index is -0.184. The number of halogens is 1. The van der Waals surface area contributed by atoms with Crippen LogP contribution in [-0.4, -0.2) is 33.5 Å². The molecular formula is C23H21ClN4O2S2. The summed E-state index contributed by atoms with van der Waals surface area (Å²) in [5.74, 6) is 1.31. The Balaban J connectivity index is 1.50. The van der Waals surface area contributed by atoms with Crippen LogP contribution in [0.1, 0.15) is 4.88 Å². The van der Waals surface area contributed by atoms with Crippen LogP contribution in [0.15, 0.2) is 59.1 Å². The van der Waals surface area contributed by atoms with Crippen LogP contribution in [0.2, 0.25) is 5.02 Å². The van der Waals surface area contributed by atoms with Crippen LogP contribution in [0.4, 0.5) is 5.69 Å². The lowest BCUT2D eigenvalue weighted by Gasteiger charge is -2.10. The monoisotopic (exact) mass is 484 g/mol. The van der Waals surface area contributed by atoms with E-state index in [0.29, 0.717) is 21.6 Å². The number of methoxy groups -OCH3 is 1. The van der Waals surface area contributed by atoms with Gasteiger partial charge in [0, 0.05) is 33.5 Å². The van der Waals surface area contributed by atoms with Crippen molar-refractivity contribution in [1.82, 2.24) is 14.8 Å². The first-order valence-electron chi connectivity index (χ1n) is 9.77. The number of thiophene rings is 1. The van der Waals surface area contributed by atoms with Gasteiger partial charge in [0.2, 0.25) is 5.91 Å². The molecule has 0 aliphatic heterocycles. The Morgan fingerprint density at radius 1 is 1.22 bits per heavy atom. The molecule has 0 aliphatic carbocycles. The van der Waals surface area contributed by atoms with E-state index in [1.165, 1.54) is 16.6 Å². The summed E-state index contributed by atoms with van der Waals surface area (Å²) in [5, 5.41) is 14.9. The SMILES string of the molecule is COc1ccc(Cl)cc1NC(=O)CSc1nnc(-c2csc(C)c2-c2ccccc2)n1C. The number of nitrogens with zero attached hydrogens (tertiary/aromatic N) is 3. The summed E-state index contributed by atoms with van der Waals surface area (Å²) in [6, 6.07) is 15.3. The normalized spacial score (nSPS) is 10.9. The van der Waals surface area contributed by atoms with Crippen LogP contribution in [0.25, 0.3) is 22.5 Å². The molecule has 0 bridgehead atoms. The third kappa shape index (κ3) is 4.67. The van der Waals surface area contributed by atoms with Gasteiger partial charge in [-0.3, -0.25) is 4.79 Å². The van der Waals surface area contributed by atoms with Crippen LogP contribution in [0, 0.1) is 6.92 Å². The number of rotatable bonds is 7. The molecule has 1 N–H and O–H groups in total. The maximum atomic E-state index is 12.5. The second-order valence-corrected chi connectivity index (χ2v) is 9.46. The van der Waals surface area contributed by atoms with E-state index in [-0.39, 0.29) is 11.7 Å². The van der Waals surface area contributed by atoms with Gasteiger partial charge in [-0.15, -0.1) is 21.5 Å². The Hall–Kier alpha value is -2.81. The van der Waals surface area contributed by atoms with Crippen molar-refractivity contribution in [3.8, 4) is 28.3 Å². The van der Waals surface area contributed by atoms with Crippen molar-refractivity contribution in [3.05, 3.63) is 63.8 Å². The maximum Gasteiger partial charge on any atom is 0.234 e. The zero-order valence-electron chi connectivity index (χ0n) is 17.8. The number of carbonyl (C=O) groups is 1. The lowest BCUT2D eigenvalue weighted by atomic mass is 10.0. The smallest absolute Gasteiger partial charge is 0.234 e. The topological polar surface area (TPSA) is 69.0 Å². The van der Waals surface area contributed by atoms with E-state index in [4.69, 9.17) is 16.3 Å². The Kier molecular flexibility index (Phi) is 6.83. The maximum absolute atomic E-state index is 12.5. The molecule has 0 aliphatic rings. The Morgan fingerprint density at radius 2 is 2.00 bits per heavy atom. The molecule has 0 spiro atoms. The number of thioether (sulfide) groups is 1. The third-order valence-electron chi connectivity index (χ3n) is 4.88. The van der Waals surface area contributed by atoms with Gasteiger partial charge in [-0.25, -0.2) is 0 Å². The Bertz CT molecular complexity index is 1250. The number of anilines is 1. The molecule has 2 heterocycles. The first-order valence-corrected chi connectivity index (χ1v) is 12.0. The third-order valence-corrected chi connectivity index (χ3v) is 7.05. The van der Waals surface area contributed by atoms with Gasteiger partial charge in [0.05, 0.1) is 18.6 Å². The molecule has 6 nitrogen and oxygen atoms in total. The van der Waals surface area contributed by atoms with Crippen LogP contribution >= 0.6 is 34.7 Å². The first kappa shape index (κ1) is 22.4. The van der Waals surface area contributed by atoms with Crippen molar-refractivity contribution in [1.29, 1.82) is 0 Å². The fourth-order valence-electron chi connectivity index (χ4n) is 3.35. The van der Waals surface area contributed by atoms with E-state index < -0.39 is 0 Å². The highest BCUT2D eigenvalue weighted by Crippen LogP contribution is 2.38. The van der Waals surface area contributed by atoms with Crippen LogP contribution in [0.5, 0.6) is 5.75 Å². The largest absolute Gasteiger partial charge is 0.495 e. The fourth-order valence-corrected chi connectivity index (χ4v) is 5.10. The van der Waals surface area contributed by atoms with Crippen molar-refractivity contribution < 1.29 is 9.53 Å². The summed E-state index contributed by atoms with van der Waals surface area (Å²) in [6.07, 6.45) is 0. The van der Waals surface area contributed by atoms with E-state index in [9.17, 15) is 4.79 Å². The molecule has 32 heavy (non-hydrogen) atoms. The fraction of sp³-hybridized carbons (Fsp3) is 0.174. The number of amides is 1. The van der Waals surface area contributed by atoms with Crippen molar-refractivity contribution in [3.63, 3.8) is 0 Å². The summed E-state index contributed by atoms with van der Waals surface area (Å²) in [7, 11) is 3.46. The lowest BCUT2D eigenvalue weighted by molar-refractivity contribution is -0.113. The second kappa shape index (κ2) is 9.77. The molecule has 0 atom stereocenters. The molecule has 0 radical (unpaired) electrons. The van der Waals surface area contributed by atoms with E-state index in [0.717, 1.165) is 22.5 Å². The predicted molar refractivity (Wildman–Crippen MR) is 132 cm³/mol. The number of aryl methyl sites for hydroxylation is 1. The van der Waals surface area contributed by atoms with Crippen LogP contribution < -0.4 is 10.1 Å². The van der Waals surface area contributed by atoms with Crippen molar-refractivity contribution in [2.24, 2.45) is 7.05 Å². The van der Waals surface area contributed by atoms with Crippen LogP contribution in [0.3, 0.4) is 0 Å². The molecule has 0 fully saturated rings. The van der Waals surface area contributed by atoms with Gasteiger partial charge in [-0.2, -0.15) is 0 Å². The molecule has 0 saturated heterocycles. The summed E-state index contributed by atoms with van der Waals surface area (Å²) in [5.41, 5.74) is 3.88. The molecule has 164 valence electrons. The minimum Gasteiger partial charge on any atom is -0.495 e. The van der Waals surface area contributed by atoms with Gasteiger partial charge in [0.25, 0.3) is 0 Å². The lowest BCUT2D eigenvalue weighted by Crippen LogP contribution is -2.15. The van der Waals surface area contributed by atoms with Gasteiger partial charge in [-0.05, 0) is 30.7 Å². The molecule has 4 rings (SSSR count). The second-order valence-electron chi connectivity index (χ2n) is 6.99. The van der Waals surface area contributed by atoms with E-state index in [1.807, 2.05) is 29.8 Å². The van der Waals surface area contributed by atoms with Gasteiger partial charge in [-0.1, -0.05) is 53.7 Å². The van der Waals surface area contributed by atoms with E-state index in [2.05, 4.69) is 40.0 Å². The number of aromatic nitrogens is 3. The van der Waals surface area contributed by atoms with Crippen molar-refractivity contribution in [2.45, 2.75) is 12.1 Å². The highest BCUT2D eigenvalue weighted by Gasteiger charge is 2.19.